The number of anilines is 1. The van der Waals surface area contributed by atoms with E-state index >= 15 is 0 Å². The van der Waals surface area contributed by atoms with Crippen LogP contribution in [-0.2, 0) is 6.54 Å². The smallest absolute Gasteiger partial charge is 0.341 e. The van der Waals surface area contributed by atoms with Gasteiger partial charge in [-0.15, -0.1) is 0 Å². The maximum absolute atomic E-state index is 13.5. The van der Waals surface area contributed by atoms with Crippen molar-refractivity contribution in [2.24, 2.45) is 5.92 Å². The van der Waals surface area contributed by atoms with Crippen LogP contribution in [0, 0.1) is 17.6 Å². The van der Waals surface area contributed by atoms with Crippen LogP contribution < -0.4 is 15.5 Å². The lowest BCUT2D eigenvalue weighted by atomic mass is 10.0. The highest BCUT2D eigenvalue weighted by atomic mass is 19.1. The van der Waals surface area contributed by atoms with Crippen molar-refractivity contribution in [1.29, 1.82) is 0 Å². The van der Waals surface area contributed by atoms with E-state index in [2.05, 4.69) is 10.3 Å². The summed E-state index contributed by atoms with van der Waals surface area (Å²) >= 11 is 0. The van der Waals surface area contributed by atoms with Crippen LogP contribution in [0.1, 0.15) is 35.8 Å². The number of aliphatic hydroxyl groups is 1. The van der Waals surface area contributed by atoms with Crippen LogP contribution in [0.25, 0.3) is 11.0 Å². The Hall–Kier alpha value is -3.53. The SMILES string of the molecule is COc1nc2c(cc1NCc1cc(F)cc(F)c1)c(=O)c(C(=O)O)cn2C(CO)C(C)C. The Balaban J connectivity index is 2.18. The Morgan fingerprint density at radius 3 is 2.41 bits per heavy atom. The fourth-order valence-electron chi connectivity index (χ4n) is 3.47. The minimum Gasteiger partial charge on any atom is -0.479 e. The van der Waals surface area contributed by atoms with Crippen LogP contribution in [0.5, 0.6) is 5.88 Å². The van der Waals surface area contributed by atoms with Crippen molar-refractivity contribution in [2.75, 3.05) is 19.0 Å². The highest BCUT2D eigenvalue weighted by molar-refractivity contribution is 5.93. The third kappa shape index (κ3) is 4.54. The average Bonchev–Trinajstić information content (AvgIpc) is 2.72. The van der Waals surface area contributed by atoms with E-state index in [0.29, 0.717) is 5.56 Å². The number of carboxylic acids is 1. The van der Waals surface area contributed by atoms with Gasteiger partial charge in [-0.3, -0.25) is 4.79 Å². The number of fused-ring (bicyclic) bond motifs is 1. The first-order valence-corrected chi connectivity index (χ1v) is 9.83. The quantitative estimate of drug-likeness (QED) is 0.486. The minimum absolute atomic E-state index is 0.00211. The molecule has 3 rings (SSSR count). The van der Waals surface area contributed by atoms with Gasteiger partial charge >= 0.3 is 5.97 Å². The Bertz CT molecular complexity index is 1210. The molecule has 8 nitrogen and oxygen atoms in total. The van der Waals surface area contributed by atoms with Crippen LogP contribution >= 0.6 is 0 Å². The van der Waals surface area contributed by atoms with E-state index in [1.165, 1.54) is 23.9 Å². The molecule has 0 radical (unpaired) electrons. The van der Waals surface area contributed by atoms with Crippen molar-refractivity contribution < 1.29 is 28.5 Å². The Morgan fingerprint density at radius 2 is 1.88 bits per heavy atom. The summed E-state index contributed by atoms with van der Waals surface area (Å²) in [6.07, 6.45) is 1.17. The van der Waals surface area contributed by atoms with E-state index in [-0.39, 0.29) is 41.7 Å². The van der Waals surface area contributed by atoms with Gasteiger partial charge in [-0.2, -0.15) is 4.98 Å². The normalized spacial score (nSPS) is 12.2. The molecular weight excluding hydrogens is 424 g/mol. The van der Waals surface area contributed by atoms with Crippen molar-refractivity contribution in [3.8, 4) is 5.88 Å². The zero-order chi connectivity index (χ0) is 23.6. The van der Waals surface area contributed by atoms with Crippen LogP contribution in [0.15, 0.2) is 35.3 Å². The number of hydrogen-bond acceptors (Lipinski definition) is 6. The minimum atomic E-state index is -1.41. The van der Waals surface area contributed by atoms with Crippen LogP contribution in [-0.4, -0.2) is 39.5 Å². The van der Waals surface area contributed by atoms with Crippen molar-refractivity contribution in [1.82, 2.24) is 9.55 Å². The van der Waals surface area contributed by atoms with Crippen molar-refractivity contribution >= 4 is 22.7 Å². The third-order valence-electron chi connectivity index (χ3n) is 5.11. The van der Waals surface area contributed by atoms with Gasteiger partial charge in [0.1, 0.15) is 22.8 Å². The standard InChI is InChI=1S/C22H23F2N3O5/c1-11(2)18(10-28)27-9-16(22(30)31)19(29)15-7-17(21(32-3)26-20(15)27)25-8-12-4-13(23)6-14(24)5-12/h4-7,9,11,18,25,28H,8,10H2,1-3H3,(H,30,31). The fourth-order valence-corrected chi connectivity index (χ4v) is 3.47. The maximum atomic E-state index is 13.5. The first-order valence-electron chi connectivity index (χ1n) is 9.83. The van der Waals surface area contributed by atoms with E-state index in [1.54, 1.807) is 0 Å². The van der Waals surface area contributed by atoms with Gasteiger partial charge in [-0.05, 0) is 29.7 Å². The molecule has 2 heterocycles. The summed E-state index contributed by atoms with van der Waals surface area (Å²) in [5.74, 6) is -2.88. The molecule has 0 amide bonds. The number of nitrogens with zero attached hydrogens (tertiary/aromatic N) is 2. The summed E-state index contributed by atoms with van der Waals surface area (Å²) in [7, 11) is 1.36. The second kappa shape index (κ2) is 9.31. The molecule has 0 aliphatic carbocycles. The first-order chi connectivity index (χ1) is 15.2. The van der Waals surface area contributed by atoms with E-state index in [4.69, 9.17) is 4.74 Å². The number of carboxylic acid groups (broad SMARTS) is 1. The molecule has 2 aromatic heterocycles. The Kier molecular flexibility index (Phi) is 6.73. The predicted octanol–water partition coefficient (Wildman–Crippen LogP) is 3.18. The summed E-state index contributed by atoms with van der Waals surface area (Å²) in [5, 5.41) is 22.3. The zero-order valence-corrected chi connectivity index (χ0v) is 17.7. The lowest BCUT2D eigenvalue weighted by Gasteiger charge is -2.24. The van der Waals surface area contributed by atoms with Gasteiger partial charge in [-0.25, -0.2) is 13.6 Å². The molecule has 0 saturated carbocycles. The number of aliphatic hydroxyl groups excluding tert-OH is 1. The summed E-state index contributed by atoms with van der Waals surface area (Å²) in [5.41, 5.74) is -0.532. The third-order valence-corrected chi connectivity index (χ3v) is 5.11. The zero-order valence-electron chi connectivity index (χ0n) is 17.7. The first kappa shape index (κ1) is 23.1. The molecule has 170 valence electrons. The molecule has 1 aromatic carbocycles. The molecule has 0 aliphatic rings. The van der Waals surface area contributed by atoms with Gasteiger partial charge in [0, 0.05) is 18.8 Å². The number of carbonyl (C=O) groups is 1. The van der Waals surface area contributed by atoms with Gasteiger partial charge in [0.05, 0.1) is 30.8 Å². The van der Waals surface area contributed by atoms with Gasteiger partial charge in [-0.1, -0.05) is 13.8 Å². The van der Waals surface area contributed by atoms with Crippen molar-refractivity contribution in [3.63, 3.8) is 0 Å². The molecule has 0 bridgehead atoms. The molecule has 10 heteroatoms. The van der Waals surface area contributed by atoms with Gasteiger partial charge in [0.2, 0.25) is 11.3 Å². The summed E-state index contributed by atoms with van der Waals surface area (Å²) < 4.78 is 33.7. The highest BCUT2D eigenvalue weighted by Gasteiger charge is 2.23. The van der Waals surface area contributed by atoms with Crippen molar-refractivity contribution in [3.05, 3.63) is 63.4 Å². The molecule has 0 fully saturated rings. The number of nitrogens with one attached hydrogen (secondary N) is 1. The maximum Gasteiger partial charge on any atom is 0.341 e. The van der Waals surface area contributed by atoms with E-state index in [1.807, 2.05) is 13.8 Å². The molecule has 3 aromatic rings. The number of ether oxygens (including phenoxy) is 1. The summed E-state index contributed by atoms with van der Waals surface area (Å²) in [6.45, 7) is 3.38. The number of methoxy groups -OCH3 is 1. The number of aromatic nitrogens is 2. The second-order valence-corrected chi connectivity index (χ2v) is 7.63. The predicted molar refractivity (Wildman–Crippen MR) is 114 cm³/mol. The molecule has 0 saturated heterocycles. The molecule has 0 spiro atoms. The average molecular weight is 447 g/mol. The summed E-state index contributed by atoms with van der Waals surface area (Å²) in [4.78, 5) is 28.9. The molecule has 1 unspecified atom stereocenters. The van der Waals surface area contributed by atoms with E-state index in [9.17, 15) is 28.6 Å². The highest BCUT2D eigenvalue weighted by Crippen LogP contribution is 2.29. The van der Waals surface area contributed by atoms with Gasteiger partial charge in [0.25, 0.3) is 0 Å². The largest absolute Gasteiger partial charge is 0.479 e. The fraction of sp³-hybridized carbons (Fsp3) is 0.318. The van der Waals surface area contributed by atoms with Gasteiger partial charge in [0.15, 0.2) is 0 Å². The topological polar surface area (TPSA) is 114 Å². The molecular formula is C22H23F2N3O5. The number of pyridine rings is 2. The Labute approximate surface area is 182 Å². The van der Waals surface area contributed by atoms with Gasteiger partial charge < -0.3 is 24.8 Å². The number of rotatable bonds is 8. The number of benzene rings is 1. The number of halogens is 2. The lowest BCUT2D eigenvalue weighted by molar-refractivity contribution is 0.0694. The molecule has 32 heavy (non-hydrogen) atoms. The molecule has 0 aliphatic heterocycles. The Morgan fingerprint density at radius 1 is 1.22 bits per heavy atom. The molecule has 1 atom stereocenters. The van der Waals surface area contributed by atoms with E-state index in [0.717, 1.165) is 18.2 Å². The number of aromatic carboxylic acids is 1. The number of hydrogen-bond donors (Lipinski definition) is 3. The van der Waals surface area contributed by atoms with Crippen molar-refractivity contribution in [2.45, 2.75) is 26.4 Å². The van der Waals surface area contributed by atoms with Crippen LogP contribution in [0.2, 0.25) is 0 Å². The van der Waals surface area contributed by atoms with Crippen LogP contribution in [0.4, 0.5) is 14.5 Å². The van der Waals surface area contributed by atoms with E-state index < -0.39 is 34.6 Å². The summed E-state index contributed by atoms with van der Waals surface area (Å²) in [6, 6.07) is 3.91. The molecule has 3 N–H and O–H groups in total. The monoisotopic (exact) mass is 447 g/mol. The second-order valence-electron chi connectivity index (χ2n) is 7.63. The van der Waals surface area contributed by atoms with Crippen LogP contribution in [0.3, 0.4) is 0 Å². The lowest BCUT2D eigenvalue weighted by Crippen LogP contribution is -2.26.